The molecule has 5 aromatic rings. The van der Waals surface area contributed by atoms with Crippen LogP contribution in [0.15, 0.2) is 42.9 Å². The van der Waals surface area contributed by atoms with Crippen molar-refractivity contribution in [2.45, 2.75) is 0 Å². The number of nitrogens with one attached hydrogen (secondary N) is 2. The predicted molar refractivity (Wildman–Crippen MR) is 144 cm³/mol. The van der Waals surface area contributed by atoms with Gasteiger partial charge in [-0.2, -0.15) is 5.10 Å². The van der Waals surface area contributed by atoms with Gasteiger partial charge in [-0.05, 0) is 45.4 Å². The number of aromatic nitrogens is 7. The first-order valence-corrected chi connectivity index (χ1v) is 12.4. The zero-order valence-corrected chi connectivity index (χ0v) is 21.3. The Bertz CT molecular complexity index is 1530. The van der Waals surface area contributed by atoms with Crippen molar-refractivity contribution in [3.8, 4) is 28.5 Å². The van der Waals surface area contributed by atoms with Crippen LogP contribution in [0.2, 0.25) is 0 Å². The van der Waals surface area contributed by atoms with E-state index in [1.54, 1.807) is 12.4 Å². The number of piperazine rings is 1. The average molecular weight is 499 g/mol. The molecular formula is C26H30N10O. The van der Waals surface area contributed by atoms with Gasteiger partial charge in [-0.15, -0.1) is 0 Å². The number of rotatable bonds is 7. The van der Waals surface area contributed by atoms with Crippen LogP contribution in [0.5, 0.6) is 5.75 Å². The molecule has 6 rings (SSSR count). The highest BCUT2D eigenvalue weighted by Gasteiger charge is 2.21. The minimum absolute atomic E-state index is 0.590. The third-order valence-corrected chi connectivity index (χ3v) is 6.66. The Morgan fingerprint density at radius 2 is 1.92 bits per heavy atom. The van der Waals surface area contributed by atoms with E-state index in [0.29, 0.717) is 29.5 Å². The number of nitrogens with zero attached hydrogens (tertiary/aromatic N) is 8. The molecule has 6 heterocycles. The van der Waals surface area contributed by atoms with Gasteiger partial charge in [-0.3, -0.25) is 10.1 Å². The second-order valence-electron chi connectivity index (χ2n) is 9.63. The molecule has 11 heteroatoms. The van der Waals surface area contributed by atoms with Crippen LogP contribution in [0, 0.1) is 0 Å². The summed E-state index contributed by atoms with van der Waals surface area (Å²) in [7, 11) is 6.19. The van der Waals surface area contributed by atoms with Crippen LogP contribution < -0.4 is 9.64 Å². The fraction of sp³-hybridized carbons (Fsp3) is 0.346. The summed E-state index contributed by atoms with van der Waals surface area (Å²) in [5, 5.41) is 7.64. The number of aromatic amines is 2. The first-order valence-electron chi connectivity index (χ1n) is 12.4. The number of hydrogen-bond acceptors (Lipinski definition) is 9. The Morgan fingerprint density at radius 3 is 2.76 bits per heavy atom. The lowest BCUT2D eigenvalue weighted by molar-refractivity contribution is 0.261. The highest BCUT2D eigenvalue weighted by molar-refractivity contribution is 5.93. The molecule has 0 aliphatic carbocycles. The van der Waals surface area contributed by atoms with Crippen LogP contribution >= 0.6 is 0 Å². The summed E-state index contributed by atoms with van der Waals surface area (Å²) >= 11 is 0. The van der Waals surface area contributed by atoms with E-state index in [-0.39, 0.29) is 0 Å². The fourth-order valence-corrected chi connectivity index (χ4v) is 4.53. The molecule has 0 spiro atoms. The number of fused-ring (bicyclic) bond motifs is 2. The Labute approximate surface area is 214 Å². The van der Waals surface area contributed by atoms with Crippen LogP contribution in [0.25, 0.3) is 45.0 Å². The summed E-state index contributed by atoms with van der Waals surface area (Å²) < 4.78 is 5.87. The monoisotopic (exact) mass is 498 g/mol. The van der Waals surface area contributed by atoms with Gasteiger partial charge in [0.1, 0.15) is 23.4 Å². The molecule has 1 saturated heterocycles. The largest absolute Gasteiger partial charge is 0.491 e. The number of likely N-dealkylation sites (N-methyl/N-ethyl adjacent to an activating group) is 2. The lowest BCUT2D eigenvalue weighted by Crippen LogP contribution is -2.44. The van der Waals surface area contributed by atoms with E-state index in [4.69, 9.17) is 14.7 Å². The molecule has 0 unspecified atom stereocenters. The molecule has 11 nitrogen and oxygen atoms in total. The first-order chi connectivity index (χ1) is 18.0. The zero-order chi connectivity index (χ0) is 25.4. The van der Waals surface area contributed by atoms with Crippen LogP contribution in [-0.4, -0.2) is 105 Å². The molecular weight excluding hydrogens is 468 g/mol. The van der Waals surface area contributed by atoms with Crippen LogP contribution in [0.3, 0.4) is 0 Å². The van der Waals surface area contributed by atoms with Gasteiger partial charge in [0.15, 0.2) is 17.2 Å². The molecule has 0 saturated carbocycles. The van der Waals surface area contributed by atoms with Crippen molar-refractivity contribution in [2.75, 3.05) is 65.4 Å². The van der Waals surface area contributed by atoms with E-state index >= 15 is 0 Å². The number of imidazole rings is 1. The Hall–Kier alpha value is -4.09. The minimum Gasteiger partial charge on any atom is -0.491 e. The molecule has 1 aliphatic heterocycles. The van der Waals surface area contributed by atoms with E-state index < -0.39 is 0 Å². The van der Waals surface area contributed by atoms with Gasteiger partial charge in [0, 0.05) is 50.7 Å². The summed E-state index contributed by atoms with van der Waals surface area (Å²) in [5.41, 5.74) is 6.59. The smallest absolute Gasteiger partial charge is 0.180 e. The quantitative estimate of drug-likeness (QED) is 0.349. The molecule has 0 bridgehead atoms. The molecule has 0 amide bonds. The number of anilines is 1. The van der Waals surface area contributed by atoms with Gasteiger partial charge < -0.3 is 24.4 Å². The second-order valence-corrected chi connectivity index (χ2v) is 9.63. The molecule has 1 aliphatic rings. The molecule has 0 atom stereocenters. The van der Waals surface area contributed by atoms with Gasteiger partial charge in [-0.1, -0.05) is 0 Å². The zero-order valence-electron chi connectivity index (χ0n) is 21.3. The maximum absolute atomic E-state index is 5.87. The highest BCUT2D eigenvalue weighted by Crippen LogP contribution is 2.31. The maximum Gasteiger partial charge on any atom is 0.180 e. The molecule has 5 aromatic heterocycles. The molecule has 0 aromatic carbocycles. The SMILES string of the molecule is CN(C)CCOc1cncc(-c2ccc3[nH]nc(-c4nc5nccc(N6CCN(C)CC6)c5[nH]4)c3n2)c1. The average Bonchev–Trinajstić information content (AvgIpc) is 3.53. The topological polar surface area (TPSA) is 115 Å². The molecule has 1 fully saturated rings. The van der Waals surface area contributed by atoms with Gasteiger partial charge in [0.05, 0.1) is 23.1 Å². The Balaban J connectivity index is 1.33. The predicted octanol–water partition coefficient (Wildman–Crippen LogP) is 2.65. The third-order valence-electron chi connectivity index (χ3n) is 6.66. The lowest BCUT2D eigenvalue weighted by Gasteiger charge is -2.34. The molecule has 190 valence electrons. The summed E-state index contributed by atoms with van der Waals surface area (Å²) in [4.78, 5) is 28.9. The standard InChI is InChI=1S/C26H30N10O/c1-34(2)12-13-37-18-14-17(15-27-16-18)19-4-5-20-22(29-19)24(33-32-20)26-30-23-21(6-7-28-25(23)31-26)36-10-8-35(3)9-11-36/h4-7,14-16H,8-13H2,1-3H3,(H,32,33)(H,28,30,31). The van der Waals surface area contributed by atoms with Gasteiger partial charge in [0.2, 0.25) is 0 Å². The highest BCUT2D eigenvalue weighted by atomic mass is 16.5. The summed E-state index contributed by atoms with van der Waals surface area (Å²) in [6, 6.07) is 7.94. The first kappa shape index (κ1) is 23.3. The van der Waals surface area contributed by atoms with Crippen molar-refractivity contribution in [2.24, 2.45) is 0 Å². The second kappa shape index (κ2) is 9.75. The van der Waals surface area contributed by atoms with Gasteiger partial charge in [0.25, 0.3) is 0 Å². The van der Waals surface area contributed by atoms with E-state index in [9.17, 15) is 0 Å². The Kier molecular flexibility index (Phi) is 6.15. The minimum atomic E-state index is 0.590. The van der Waals surface area contributed by atoms with Crippen molar-refractivity contribution in [3.05, 3.63) is 42.9 Å². The Morgan fingerprint density at radius 1 is 1.05 bits per heavy atom. The van der Waals surface area contributed by atoms with Crippen molar-refractivity contribution >= 4 is 27.9 Å². The van der Waals surface area contributed by atoms with Crippen molar-refractivity contribution < 1.29 is 4.74 Å². The van der Waals surface area contributed by atoms with Crippen LogP contribution in [0.1, 0.15) is 0 Å². The molecule has 2 N–H and O–H groups in total. The van der Waals surface area contributed by atoms with E-state index in [0.717, 1.165) is 66.2 Å². The van der Waals surface area contributed by atoms with Gasteiger partial charge in [-0.25, -0.2) is 15.0 Å². The van der Waals surface area contributed by atoms with Crippen molar-refractivity contribution in [1.82, 2.24) is 44.9 Å². The third kappa shape index (κ3) is 4.70. The maximum atomic E-state index is 5.87. The molecule has 0 radical (unpaired) electrons. The number of ether oxygens (including phenoxy) is 1. The van der Waals surface area contributed by atoms with Crippen LogP contribution in [-0.2, 0) is 0 Å². The lowest BCUT2D eigenvalue weighted by atomic mass is 10.1. The number of pyridine rings is 3. The van der Waals surface area contributed by atoms with Crippen LogP contribution in [0.4, 0.5) is 5.69 Å². The molecule has 37 heavy (non-hydrogen) atoms. The number of hydrogen-bond donors (Lipinski definition) is 2. The van der Waals surface area contributed by atoms with E-state index in [2.05, 4.69) is 53.0 Å². The van der Waals surface area contributed by atoms with E-state index in [1.165, 1.54) is 0 Å². The summed E-state index contributed by atoms with van der Waals surface area (Å²) in [6.45, 7) is 5.40. The summed E-state index contributed by atoms with van der Waals surface area (Å²) in [6.07, 6.45) is 5.33. The van der Waals surface area contributed by atoms with Crippen molar-refractivity contribution in [1.29, 1.82) is 0 Å². The van der Waals surface area contributed by atoms with Gasteiger partial charge >= 0.3 is 0 Å². The number of H-pyrrole nitrogens is 2. The summed E-state index contributed by atoms with van der Waals surface area (Å²) in [5.74, 6) is 1.35. The fourth-order valence-electron chi connectivity index (χ4n) is 4.53. The van der Waals surface area contributed by atoms with E-state index in [1.807, 2.05) is 38.5 Å². The normalized spacial score (nSPS) is 14.8. The van der Waals surface area contributed by atoms with Crippen molar-refractivity contribution in [3.63, 3.8) is 0 Å².